The lowest BCUT2D eigenvalue weighted by Gasteiger charge is -2.09. The number of benzene rings is 1. The van der Waals surface area contributed by atoms with E-state index in [0.717, 1.165) is 0 Å². The molecule has 122 valence electrons. The highest BCUT2D eigenvalue weighted by atomic mass is 35.5. The SMILES string of the molecule is O=C(Nc1ccc(Cl)cc1)c1c(NO)cc(-c2cccs2)oc1=O. The Bertz CT molecular complexity index is 920. The molecule has 6 nitrogen and oxygen atoms in total. The number of hydrogen-bond donors (Lipinski definition) is 3. The van der Waals surface area contributed by atoms with Crippen molar-refractivity contribution < 1.29 is 14.4 Å². The van der Waals surface area contributed by atoms with Crippen LogP contribution in [0.1, 0.15) is 10.4 Å². The molecule has 0 saturated heterocycles. The fraction of sp³-hybridized carbons (Fsp3) is 0. The molecule has 1 amide bonds. The van der Waals surface area contributed by atoms with Gasteiger partial charge < -0.3 is 9.73 Å². The van der Waals surface area contributed by atoms with E-state index in [0.29, 0.717) is 15.6 Å². The second-order valence-corrected chi connectivity index (χ2v) is 6.12. The van der Waals surface area contributed by atoms with Crippen LogP contribution in [0.15, 0.2) is 57.1 Å². The number of hydrogen-bond acceptors (Lipinski definition) is 6. The Kier molecular flexibility index (Phi) is 4.66. The topological polar surface area (TPSA) is 91.6 Å². The maximum Gasteiger partial charge on any atom is 0.351 e. The van der Waals surface area contributed by atoms with Gasteiger partial charge in [0.15, 0.2) is 11.3 Å². The van der Waals surface area contributed by atoms with Gasteiger partial charge in [0.25, 0.3) is 5.91 Å². The van der Waals surface area contributed by atoms with Gasteiger partial charge in [0.05, 0.1) is 10.6 Å². The first-order valence-electron chi connectivity index (χ1n) is 6.77. The third-order valence-corrected chi connectivity index (χ3v) is 4.30. The van der Waals surface area contributed by atoms with Crippen LogP contribution in [0.4, 0.5) is 11.4 Å². The molecule has 0 aliphatic carbocycles. The summed E-state index contributed by atoms with van der Waals surface area (Å²) in [5.74, 6) is -0.449. The average molecular weight is 363 g/mol. The maximum absolute atomic E-state index is 12.3. The quantitative estimate of drug-likeness (QED) is 0.608. The second-order valence-electron chi connectivity index (χ2n) is 4.74. The van der Waals surface area contributed by atoms with Crippen molar-refractivity contribution in [3.63, 3.8) is 0 Å². The molecule has 0 atom stereocenters. The predicted molar refractivity (Wildman–Crippen MR) is 93.1 cm³/mol. The van der Waals surface area contributed by atoms with Gasteiger partial charge in [-0.05, 0) is 35.7 Å². The van der Waals surface area contributed by atoms with E-state index in [1.54, 1.807) is 36.4 Å². The Morgan fingerprint density at radius 3 is 2.58 bits per heavy atom. The largest absolute Gasteiger partial charge is 0.421 e. The zero-order chi connectivity index (χ0) is 17.1. The summed E-state index contributed by atoms with van der Waals surface area (Å²) in [6, 6.07) is 11.3. The number of carbonyl (C=O) groups is 1. The summed E-state index contributed by atoms with van der Waals surface area (Å²) in [5, 5.41) is 14.2. The second kappa shape index (κ2) is 6.88. The Morgan fingerprint density at radius 2 is 1.96 bits per heavy atom. The first kappa shape index (κ1) is 16.3. The average Bonchev–Trinajstić information content (AvgIpc) is 3.10. The number of anilines is 2. The molecule has 3 rings (SSSR count). The summed E-state index contributed by atoms with van der Waals surface area (Å²) in [6.07, 6.45) is 0. The molecular weight excluding hydrogens is 352 g/mol. The highest BCUT2D eigenvalue weighted by Crippen LogP contribution is 2.27. The first-order valence-corrected chi connectivity index (χ1v) is 8.03. The molecule has 3 N–H and O–H groups in total. The van der Waals surface area contributed by atoms with Crippen molar-refractivity contribution >= 4 is 40.2 Å². The molecule has 0 bridgehead atoms. The van der Waals surface area contributed by atoms with Gasteiger partial charge in [0.2, 0.25) is 0 Å². The molecule has 0 saturated carbocycles. The Balaban J connectivity index is 1.96. The third kappa shape index (κ3) is 3.33. The smallest absolute Gasteiger partial charge is 0.351 e. The molecule has 1 aromatic carbocycles. The molecule has 0 spiro atoms. The molecule has 0 fully saturated rings. The summed E-state index contributed by atoms with van der Waals surface area (Å²) in [6.45, 7) is 0. The van der Waals surface area contributed by atoms with Gasteiger partial charge in [-0.15, -0.1) is 11.3 Å². The van der Waals surface area contributed by atoms with E-state index in [9.17, 15) is 14.8 Å². The lowest BCUT2D eigenvalue weighted by molar-refractivity contribution is 0.102. The van der Waals surface area contributed by atoms with Gasteiger partial charge in [0, 0.05) is 16.8 Å². The number of rotatable bonds is 4. The molecule has 0 unspecified atom stereocenters. The molecule has 24 heavy (non-hydrogen) atoms. The van der Waals surface area contributed by atoms with Crippen LogP contribution in [0.2, 0.25) is 5.02 Å². The van der Waals surface area contributed by atoms with Crippen molar-refractivity contribution in [2.75, 3.05) is 10.8 Å². The van der Waals surface area contributed by atoms with E-state index in [-0.39, 0.29) is 17.0 Å². The van der Waals surface area contributed by atoms with E-state index >= 15 is 0 Å². The Hall–Kier alpha value is -2.61. The van der Waals surface area contributed by atoms with E-state index in [2.05, 4.69) is 5.32 Å². The fourth-order valence-corrected chi connectivity index (χ4v) is 2.87. The van der Waals surface area contributed by atoms with Crippen LogP contribution in [0.25, 0.3) is 10.6 Å². The van der Waals surface area contributed by atoms with Gasteiger partial charge in [-0.1, -0.05) is 17.7 Å². The van der Waals surface area contributed by atoms with Crippen molar-refractivity contribution in [3.8, 4) is 10.6 Å². The van der Waals surface area contributed by atoms with E-state index < -0.39 is 11.5 Å². The molecular formula is C16H11ClN2O4S. The van der Waals surface area contributed by atoms with Crippen LogP contribution < -0.4 is 16.4 Å². The Morgan fingerprint density at radius 1 is 1.21 bits per heavy atom. The zero-order valence-corrected chi connectivity index (χ0v) is 13.6. The number of carbonyl (C=O) groups excluding carboxylic acids is 1. The van der Waals surface area contributed by atoms with Gasteiger partial charge in [-0.2, -0.15) is 0 Å². The minimum atomic E-state index is -0.857. The fourth-order valence-electron chi connectivity index (χ4n) is 2.06. The van der Waals surface area contributed by atoms with Crippen molar-refractivity contribution in [1.29, 1.82) is 0 Å². The van der Waals surface area contributed by atoms with Gasteiger partial charge >= 0.3 is 5.63 Å². The Labute approximate surface area is 145 Å². The van der Waals surface area contributed by atoms with E-state index in [1.807, 2.05) is 10.9 Å². The molecule has 0 aliphatic heterocycles. The summed E-state index contributed by atoms with van der Waals surface area (Å²) < 4.78 is 5.20. The van der Waals surface area contributed by atoms with Crippen LogP contribution in [0.3, 0.4) is 0 Å². The van der Waals surface area contributed by atoms with Gasteiger partial charge in [-0.25, -0.2) is 4.79 Å². The van der Waals surface area contributed by atoms with Crippen LogP contribution >= 0.6 is 22.9 Å². The van der Waals surface area contributed by atoms with Crippen molar-refractivity contribution in [2.45, 2.75) is 0 Å². The first-order chi connectivity index (χ1) is 11.6. The molecule has 2 aromatic heterocycles. The van der Waals surface area contributed by atoms with Gasteiger partial charge in [0.1, 0.15) is 0 Å². The van der Waals surface area contributed by atoms with Crippen molar-refractivity contribution in [2.24, 2.45) is 0 Å². The monoisotopic (exact) mass is 362 g/mol. The number of nitrogens with one attached hydrogen (secondary N) is 2. The molecule has 3 aromatic rings. The van der Waals surface area contributed by atoms with Crippen molar-refractivity contribution in [3.05, 3.63) is 68.9 Å². The highest BCUT2D eigenvalue weighted by Gasteiger charge is 2.20. The summed E-state index contributed by atoms with van der Waals surface area (Å²) in [4.78, 5) is 25.3. The number of halogens is 1. The number of amides is 1. The number of thiophene rings is 1. The molecule has 8 heteroatoms. The van der Waals surface area contributed by atoms with Crippen LogP contribution in [-0.4, -0.2) is 11.1 Å². The molecule has 0 radical (unpaired) electrons. The minimum Gasteiger partial charge on any atom is -0.421 e. The van der Waals surface area contributed by atoms with E-state index in [4.69, 9.17) is 16.0 Å². The van der Waals surface area contributed by atoms with Gasteiger partial charge in [-0.3, -0.25) is 15.5 Å². The lowest BCUT2D eigenvalue weighted by atomic mass is 10.2. The normalized spacial score (nSPS) is 10.4. The molecule has 0 aliphatic rings. The molecule has 2 heterocycles. The third-order valence-electron chi connectivity index (χ3n) is 3.17. The van der Waals surface area contributed by atoms with Crippen molar-refractivity contribution in [1.82, 2.24) is 0 Å². The van der Waals surface area contributed by atoms with Crippen LogP contribution in [0.5, 0.6) is 0 Å². The van der Waals surface area contributed by atoms with Crippen LogP contribution in [-0.2, 0) is 0 Å². The summed E-state index contributed by atoms with van der Waals surface area (Å²) >= 11 is 7.15. The van der Waals surface area contributed by atoms with Crippen LogP contribution in [0, 0.1) is 0 Å². The summed E-state index contributed by atoms with van der Waals surface area (Å²) in [5.41, 5.74) is 1.11. The predicted octanol–water partition coefficient (Wildman–Crippen LogP) is 4.08. The lowest BCUT2D eigenvalue weighted by Crippen LogP contribution is -2.23. The minimum absolute atomic E-state index is 0.0406. The standard InChI is InChI=1S/C16H11ClN2O4S/c17-9-3-5-10(6-4-9)18-15(20)14-11(19-22)8-12(23-16(14)21)13-2-1-7-24-13/h1-8,19,22H,(H,18,20). The zero-order valence-electron chi connectivity index (χ0n) is 12.1. The highest BCUT2D eigenvalue weighted by molar-refractivity contribution is 7.13. The maximum atomic E-state index is 12.3. The van der Waals surface area contributed by atoms with E-state index in [1.165, 1.54) is 17.4 Å². The summed E-state index contributed by atoms with van der Waals surface area (Å²) in [7, 11) is 0.